The number of nitrogens with one attached hydrogen (secondary N) is 1. The molecule has 0 saturated carbocycles. The summed E-state index contributed by atoms with van der Waals surface area (Å²) in [7, 11) is 0. The minimum atomic E-state index is -0.458. The lowest BCUT2D eigenvalue weighted by atomic mass is 10.2. The Morgan fingerprint density at radius 3 is 2.76 bits per heavy atom. The number of hydrogen-bond donors (Lipinski definition) is 1. The maximum absolute atomic E-state index is 12.7. The van der Waals surface area contributed by atoms with E-state index in [1.807, 2.05) is 13.8 Å². The summed E-state index contributed by atoms with van der Waals surface area (Å²) in [5.41, 5.74) is 0.220. The number of thiophene rings is 1. The number of nitrogens with zero attached hydrogens (tertiary/aromatic N) is 2. The van der Waals surface area contributed by atoms with Gasteiger partial charge in [0.2, 0.25) is 5.91 Å². The minimum absolute atomic E-state index is 0.0585. The first-order valence-electron chi connectivity index (χ1n) is 8.34. The van der Waals surface area contributed by atoms with Crippen molar-refractivity contribution in [1.82, 2.24) is 14.9 Å². The van der Waals surface area contributed by atoms with Gasteiger partial charge in [-0.15, -0.1) is 11.3 Å². The van der Waals surface area contributed by atoms with E-state index in [4.69, 9.17) is 4.74 Å². The zero-order chi connectivity index (χ0) is 18.6. The highest BCUT2D eigenvalue weighted by atomic mass is 32.1. The molecule has 136 valence electrons. The average molecular weight is 365 g/mol. The molecular formula is C17H23N3O4S. The molecule has 1 amide bonds. The number of ether oxygens (including phenoxy) is 1. The second kappa shape index (κ2) is 8.24. The van der Waals surface area contributed by atoms with Crippen molar-refractivity contribution in [3.8, 4) is 0 Å². The molecule has 1 N–H and O–H groups in total. The van der Waals surface area contributed by atoms with Crippen molar-refractivity contribution >= 4 is 33.4 Å². The van der Waals surface area contributed by atoms with E-state index >= 15 is 0 Å². The molecule has 2 rings (SSSR count). The Bertz CT molecular complexity index is 840. The van der Waals surface area contributed by atoms with Crippen LogP contribution in [0.5, 0.6) is 0 Å². The molecule has 1 atom stereocenters. The Balaban J connectivity index is 2.30. The van der Waals surface area contributed by atoms with Crippen molar-refractivity contribution in [1.29, 1.82) is 0 Å². The Kier molecular flexibility index (Phi) is 6.30. The monoisotopic (exact) mass is 365 g/mol. The molecule has 8 heteroatoms. The zero-order valence-corrected chi connectivity index (χ0v) is 15.7. The van der Waals surface area contributed by atoms with Crippen LogP contribution in [0.2, 0.25) is 0 Å². The number of hydrogen-bond acceptors (Lipinski definition) is 6. The molecule has 0 spiro atoms. The summed E-state index contributed by atoms with van der Waals surface area (Å²) >= 11 is 1.13. The lowest BCUT2D eigenvalue weighted by Gasteiger charge is -2.13. The first kappa shape index (κ1) is 19.1. The van der Waals surface area contributed by atoms with E-state index in [9.17, 15) is 14.4 Å². The average Bonchev–Trinajstić information content (AvgIpc) is 2.88. The number of aryl methyl sites for hydroxylation is 1. The highest BCUT2D eigenvalue weighted by molar-refractivity contribution is 7.20. The van der Waals surface area contributed by atoms with Gasteiger partial charge in [-0.1, -0.05) is 13.3 Å². The van der Waals surface area contributed by atoms with Crippen LogP contribution in [0.3, 0.4) is 0 Å². The Morgan fingerprint density at radius 1 is 1.40 bits per heavy atom. The predicted molar refractivity (Wildman–Crippen MR) is 97.1 cm³/mol. The third-order valence-corrected chi connectivity index (χ3v) is 5.00. The smallest absolute Gasteiger partial charge is 0.348 e. The second-order valence-corrected chi connectivity index (χ2v) is 6.89. The summed E-state index contributed by atoms with van der Waals surface area (Å²) < 4.78 is 6.28. The van der Waals surface area contributed by atoms with Crippen LogP contribution >= 0.6 is 11.3 Å². The number of fused-ring (bicyclic) bond motifs is 1. The van der Waals surface area contributed by atoms with Gasteiger partial charge in [0.1, 0.15) is 16.3 Å². The van der Waals surface area contributed by atoms with Crippen LogP contribution in [0.1, 0.15) is 48.8 Å². The van der Waals surface area contributed by atoms with E-state index in [2.05, 4.69) is 10.3 Å². The fraction of sp³-hybridized carbons (Fsp3) is 0.529. The van der Waals surface area contributed by atoms with Crippen LogP contribution in [0.4, 0.5) is 0 Å². The van der Waals surface area contributed by atoms with Crippen LogP contribution in [-0.4, -0.2) is 34.1 Å². The van der Waals surface area contributed by atoms with Gasteiger partial charge in [-0.2, -0.15) is 0 Å². The highest BCUT2D eigenvalue weighted by Crippen LogP contribution is 2.27. The number of carbonyl (C=O) groups is 2. The van der Waals surface area contributed by atoms with Crippen LogP contribution in [-0.2, 0) is 16.1 Å². The summed E-state index contributed by atoms with van der Waals surface area (Å²) in [5.74, 6) is -0.692. The lowest BCUT2D eigenvalue weighted by Crippen LogP contribution is -2.37. The van der Waals surface area contributed by atoms with Crippen molar-refractivity contribution in [2.24, 2.45) is 0 Å². The molecule has 0 aliphatic carbocycles. The van der Waals surface area contributed by atoms with Crippen LogP contribution in [0, 0.1) is 6.92 Å². The van der Waals surface area contributed by atoms with E-state index < -0.39 is 5.97 Å². The minimum Gasteiger partial charge on any atom is -0.462 e. The van der Waals surface area contributed by atoms with Gasteiger partial charge in [-0.3, -0.25) is 14.2 Å². The van der Waals surface area contributed by atoms with Crippen LogP contribution in [0.25, 0.3) is 10.2 Å². The Morgan fingerprint density at radius 2 is 2.12 bits per heavy atom. The number of carbonyl (C=O) groups excluding carboxylic acids is 2. The van der Waals surface area contributed by atoms with Gasteiger partial charge in [0.25, 0.3) is 5.56 Å². The summed E-state index contributed by atoms with van der Waals surface area (Å²) in [5, 5.41) is 3.23. The molecule has 2 heterocycles. The first-order chi connectivity index (χ1) is 11.9. The highest BCUT2D eigenvalue weighted by Gasteiger charge is 2.20. The predicted octanol–water partition coefficient (Wildman–Crippen LogP) is 2.25. The number of aromatic nitrogens is 2. The van der Waals surface area contributed by atoms with Gasteiger partial charge in [0, 0.05) is 6.04 Å². The molecule has 25 heavy (non-hydrogen) atoms. The fourth-order valence-corrected chi connectivity index (χ4v) is 3.68. The Labute approximate surface area is 150 Å². The largest absolute Gasteiger partial charge is 0.462 e. The van der Waals surface area contributed by atoms with Gasteiger partial charge in [0.05, 0.1) is 18.3 Å². The van der Waals surface area contributed by atoms with E-state index in [0.717, 1.165) is 24.2 Å². The summed E-state index contributed by atoms with van der Waals surface area (Å²) in [6, 6.07) is 0.0585. The van der Waals surface area contributed by atoms with Gasteiger partial charge in [0.15, 0.2) is 0 Å². The third-order valence-electron chi connectivity index (χ3n) is 3.82. The molecule has 0 aliphatic heterocycles. The normalized spacial score (nSPS) is 12.2. The van der Waals surface area contributed by atoms with E-state index in [0.29, 0.717) is 20.7 Å². The van der Waals surface area contributed by atoms with Crippen LogP contribution in [0.15, 0.2) is 11.1 Å². The molecule has 2 aromatic rings. The molecular weight excluding hydrogens is 342 g/mol. The molecule has 0 saturated heterocycles. The lowest BCUT2D eigenvalue weighted by molar-refractivity contribution is -0.122. The number of amides is 1. The van der Waals surface area contributed by atoms with Crippen molar-refractivity contribution in [3.63, 3.8) is 0 Å². The Hall–Kier alpha value is -2.22. The van der Waals surface area contributed by atoms with Crippen molar-refractivity contribution in [2.45, 2.75) is 53.1 Å². The van der Waals surface area contributed by atoms with E-state index in [1.54, 1.807) is 13.8 Å². The fourth-order valence-electron chi connectivity index (χ4n) is 2.64. The number of esters is 1. The standard InChI is InChI=1S/C17H23N3O4S/c1-5-7-10(3)19-12(21)8-20-9-18-15-13(16(20)22)11(4)14(25-15)17(23)24-6-2/h9-10H,5-8H2,1-4H3,(H,19,21). The van der Waals surface area contributed by atoms with Gasteiger partial charge >= 0.3 is 5.97 Å². The van der Waals surface area contributed by atoms with E-state index in [-0.39, 0.29) is 30.7 Å². The van der Waals surface area contributed by atoms with Crippen LogP contribution < -0.4 is 10.9 Å². The van der Waals surface area contributed by atoms with Crippen molar-refractivity contribution < 1.29 is 14.3 Å². The molecule has 2 aromatic heterocycles. The van der Waals surface area contributed by atoms with Gasteiger partial charge in [-0.25, -0.2) is 9.78 Å². The summed E-state index contributed by atoms with van der Waals surface area (Å²) in [6.07, 6.45) is 3.20. The SMILES string of the molecule is CCCC(C)NC(=O)Cn1cnc2sc(C(=O)OCC)c(C)c2c1=O. The van der Waals surface area contributed by atoms with Crippen molar-refractivity contribution in [3.05, 3.63) is 27.1 Å². The molecule has 0 aliphatic rings. The molecule has 0 fully saturated rings. The maximum atomic E-state index is 12.7. The molecule has 0 bridgehead atoms. The second-order valence-electron chi connectivity index (χ2n) is 5.89. The molecule has 7 nitrogen and oxygen atoms in total. The summed E-state index contributed by atoms with van der Waals surface area (Å²) in [6.45, 7) is 7.57. The van der Waals surface area contributed by atoms with Gasteiger partial charge < -0.3 is 10.1 Å². The molecule has 0 radical (unpaired) electrons. The van der Waals surface area contributed by atoms with Gasteiger partial charge in [-0.05, 0) is 32.8 Å². The van der Waals surface area contributed by atoms with Crippen molar-refractivity contribution in [2.75, 3.05) is 6.61 Å². The third kappa shape index (κ3) is 4.25. The topological polar surface area (TPSA) is 90.3 Å². The molecule has 1 unspecified atom stereocenters. The number of rotatable bonds is 7. The zero-order valence-electron chi connectivity index (χ0n) is 14.9. The summed E-state index contributed by atoms with van der Waals surface area (Å²) in [4.78, 5) is 41.8. The molecule has 0 aromatic carbocycles. The quantitative estimate of drug-likeness (QED) is 0.760. The maximum Gasteiger partial charge on any atom is 0.348 e. The first-order valence-corrected chi connectivity index (χ1v) is 9.15. The van der Waals surface area contributed by atoms with E-state index in [1.165, 1.54) is 10.9 Å².